The van der Waals surface area contributed by atoms with Crippen molar-refractivity contribution in [3.63, 3.8) is 0 Å². The molecule has 0 unspecified atom stereocenters. The Morgan fingerprint density at radius 3 is 2.54 bits per heavy atom. The lowest BCUT2D eigenvalue weighted by molar-refractivity contribution is -0.140. The average molecular weight is 489 g/mol. The first-order chi connectivity index (χ1) is 16.7. The molecule has 184 valence electrons. The molecule has 0 aliphatic heterocycles. The molecule has 12 heteroatoms. The Morgan fingerprint density at radius 2 is 1.89 bits per heavy atom. The minimum atomic E-state index is -4.81. The first-order valence-corrected chi connectivity index (χ1v) is 11.2. The molecule has 5 rings (SSSR count). The molecular weight excluding hydrogens is 466 g/mol. The number of ether oxygens (including phenoxy) is 1. The topological polar surface area (TPSA) is 82.7 Å². The molecule has 4 aromatic rings. The standard InChI is InChI=1S/C23H23F4N7O/c1-28-19-9-18-16(11-30-19)21(13-10-31-33(2)12-13)32-34(18)14-3-5-15(6-4-14)35-22-20(24)17(7-8-29-22)23(25,26)27/h7-12,14-15H,3-6H2,1-2H3,(H,28,30)/t14-,15+. The molecule has 0 radical (unpaired) electrons. The van der Waals surface area contributed by atoms with Crippen LogP contribution in [0.5, 0.6) is 5.88 Å². The van der Waals surface area contributed by atoms with Crippen molar-refractivity contribution in [3.8, 4) is 17.1 Å². The predicted octanol–water partition coefficient (Wildman–Crippen LogP) is 4.99. The van der Waals surface area contributed by atoms with Crippen LogP contribution in [-0.2, 0) is 13.2 Å². The quantitative estimate of drug-likeness (QED) is 0.398. The minimum Gasteiger partial charge on any atom is -0.472 e. The van der Waals surface area contributed by atoms with E-state index in [-0.39, 0.29) is 6.04 Å². The fraction of sp³-hybridized carbons (Fsp3) is 0.391. The highest BCUT2D eigenvalue weighted by Gasteiger charge is 2.36. The lowest BCUT2D eigenvalue weighted by atomic mass is 9.93. The van der Waals surface area contributed by atoms with Gasteiger partial charge in [-0.05, 0) is 31.7 Å². The zero-order valence-corrected chi connectivity index (χ0v) is 19.1. The molecule has 35 heavy (non-hydrogen) atoms. The Morgan fingerprint density at radius 1 is 1.11 bits per heavy atom. The number of nitrogens with one attached hydrogen (secondary N) is 1. The molecule has 0 spiro atoms. The predicted molar refractivity (Wildman–Crippen MR) is 120 cm³/mol. The van der Waals surface area contributed by atoms with Gasteiger partial charge >= 0.3 is 6.18 Å². The smallest absolute Gasteiger partial charge is 0.419 e. The van der Waals surface area contributed by atoms with Gasteiger partial charge in [-0.15, -0.1) is 0 Å². The third kappa shape index (κ3) is 4.40. The monoisotopic (exact) mass is 489 g/mol. The van der Waals surface area contributed by atoms with Gasteiger partial charge in [0.25, 0.3) is 5.88 Å². The Labute approximate surface area is 197 Å². The van der Waals surface area contributed by atoms with Crippen LogP contribution in [0.2, 0.25) is 0 Å². The second-order valence-electron chi connectivity index (χ2n) is 8.56. The number of aromatic nitrogens is 6. The summed E-state index contributed by atoms with van der Waals surface area (Å²) in [5.74, 6) is -1.38. The van der Waals surface area contributed by atoms with Crippen LogP contribution < -0.4 is 10.1 Å². The van der Waals surface area contributed by atoms with Crippen molar-refractivity contribution in [1.82, 2.24) is 29.5 Å². The molecular formula is C23H23F4N7O. The fourth-order valence-electron chi connectivity index (χ4n) is 4.50. The van der Waals surface area contributed by atoms with Gasteiger partial charge < -0.3 is 10.1 Å². The molecule has 0 atom stereocenters. The third-order valence-electron chi connectivity index (χ3n) is 6.26. The number of aryl methyl sites for hydroxylation is 1. The summed E-state index contributed by atoms with van der Waals surface area (Å²) in [6.07, 6.45) is 3.45. The van der Waals surface area contributed by atoms with E-state index in [4.69, 9.17) is 9.84 Å². The van der Waals surface area contributed by atoms with Crippen LogP contribution in [0.3, 0.4) is 0 Å². The normalized spacial score (nSPS) is 18.7. The molecule has 0 amide bonds. The number of nitrogens with zero attached hydrogens (tertiary/aromatic N) is 6. The molecule has 4 aromatic heterocycles. The van der Waals surface area contributed by atoms with Crippen LogP contribution in [0.1, 0.15) is 37.3 Å². The maximum atomic E-state index is 14.3. The SMILES string of the molecule is CNc1cc2c(cn1)c(-c1cnn(C)c1)nn2[C@H]1CC[C@@H](Oc2nccc(C(F)(F)F)c2F)CC1. The largest absolute Gasteiger partial charge is 0.472 e. The number of halogens is 4. The highest BCUT2D eigenvalue weighted by atomic mass is 19.4. The second kappa shape index (κ2) is 8.82. The van der Waals surface area contributed by atoms with Gasteiger partial charge in [0.2, 0.25) is 0 Å². The van der Waals surface area contributed by atoms with Crippen LogP contribution in [0.4, 0.5) is 23.4 Å². The molecule has 1 fully saturated rings. The Hall–Kier alpha value is -3.70. The number of fused-ring (bicyclic) bond motifs is 1. The molecule has 1 N–H and O–H groups in total. The Balaban J connectivity index is 1.38. The van der Waals surface area contributed by atoms with E-state index in [1.807, 2.05) is 24.0 Å². The summed E-state index contributed by atoms with van der Waals surface area (Å²) in [5.41, 5.74) is 1.18. The molecule has 0 bridgehead atoms. The van der Waals surface area contributed by atoms with Gasteiger partial charge in [0.05, 0.1) is 23.3 Å². The molecule has 0 aromatic carbocycles. The van der Waals surface area contributed by atoms with Crippen molar-refractivity contribution in [2.75, 3.05) is 12.4 Å². The molecule has 4 heterocycles. The maximum Gasteiger partial charge on any atom is 0.419 e. The van der Waals surface area contributed by atoms with Gasteiger partial charge in [0.15, 0.2) is 5.82 Å². The highest BCUT2D eigenvalue weighted by molar-refractivity contribution is 5.93. The van der Waals surface area contributed by atoms with Crippen molar-refractivity contribution in [1.29, 1.82) is 0 Å². The van der Waals surface area contributed by atoms with Crippen LogP contribution in [0, 0.1) is 5.82 Å². The summed E-state index contributed by atoms with van der Waals surface area (Å²) < 4.78 is 62.6. The summed E-state index contributed by atoms with van der Waals surface area (Å²) in [4.78, 5) is 8.12. The first kappa shape index (κ1) is 23.1. The summed E-state index contributed by atoms with van der Waals surface area (Å²) in [5, 5.41) is 13.1. The number of hydrogen-bond acceptors (Lipinski definition) is 6. The molecule has 0 saturated heterocycles. The summed E-state index contributed by atoms with van der Waals surface area (Å²) in [6, 6.07) is 2.58. The molecule has 8 nitrogen and oxygen atoms in total. The molecule has 1 saturated carbocycles. The van der Waals surface area contributed by atoms with Crippen molar-refractivity contribution in [2.24, 2.45) is 7.05 Å². The summed E-state index contributed by atoms with van der Waals surface area (Å²) in [7, 11) is 3.63. The fourth-order valence-corrected chi connectivity index (χ4v) is 4.50. The van der Waals surface area contributed by atoms with Crippen LogP contribution >= 0.6 is 0 Å². The van der Waals surface area contributed by atoms with E-state index in [1.165, 1.54) is 0 Å². The van der Waals surface area contributed by atoms with Crippen LogP contribution in [0.15, 0.2) is 36.9 Å². The van der Waals surface area contributed by atoms with E-state index in [9.17, 15) is 17.6 Å². The van der Waals surface area contributed by atoms with E-state index in [2.05, 4.69) is 20.4 Å². The van der Waals surface area contributed by atoms with E-state index < -0.39 is 29.5 Å². The summed E-state index contributed by atoms with van der Waals surface area (Å²) in [6.45, 7) is 0. The number of pyridine rings is 2. The van der Waals surface area contributed by atoms with Crippen LogP contribution in [0.25, 0.3) is 22.2 Å². The number of alkyl halides is 3. The Kier molecular flexibility index (Phi) is 5.81. The number of rotatable bonds is 5. The van der Waals surface area contributed by atoms with Crippen molar-refractivity contribution in [3.05, 3.63) is 48.3 Å². The lowest BCUT2D eigenvalue weighted by Crippen LogP contribution is -2.27. The first-order valence-electron chi connectivity index (χ1n) is 11.2. The van der Waals surface area contributed by atoms with Crippen molar-refractivity contribution in [2.45, 2.75) is 44.0 Å². The van der Waals surface area contributed by atoms with Gasteiger partial charge in [-0.2, -0.15) is 23.4 Å². The van der Waals surface area contributed by atoms with Gasteiger partial charge in [-0.25, -0.2) is 14.4 Å². The van der Waals surface area contributed by atoms with Crippen molar-refractivity contribution >= 4 is 16.7 Å². The zero-order valence-electron chi connectivity index (χ0n) is 19.1. The zero-order chi connectivity index (χ0) is 24.7. The maximum absolute atomic E-state index is 14.3. The lowest BCUT2D eigenvalue weighted by Gasteiger charge is -2.29. The van der Waals surface area contributed by atoms with E-state index in [1.54, 1.807) is 24.1 Å². The average Bonchev–Trinajstić information content (AvgIpc) is 3.43. The van der Waals surface area contributed by atoms with Gasteiger partial charge in [0, 0.05) is 49.7 Å². The Bertz CT molecular complexity index is 1360. The van der Waals surface area contributed by atoms with Gasteiger partial charge in [-0.1, -0.05) is 0 Å². The minimum absolute atomic E-state index is 0.0363. The van der Waals surface area contributed by atoms with Crippen LogP contribution in [-0.4, -0.2) is 42.7 Å². The third-order valence-corrected chi connectivity index (χ3v) is 6.26. The second-order valence-corrected chi connectivity index (χ2v) is 8.56. The number of hydrogen-bond donors (Lipinski definition) is 1. The molecule has 1 aliphatic rings. The molecule has 1 aliphatic carbocycles. The summed E-state index contributed by atoms with van der Waals surface area (Å²) >= 11 is 0. The highest BCUT2D eigenvalue weighted by Crippen LogP contribution is 2.38. The van der Waals surface area contributed by atoms with E-state index >= 15 is 0 Å². The van der Waals surface area contributed by atoms with Crippen molar-refractivity contribution < 1.29 is 22.3 Å². The van der Waals surface area contributed by atoms with Gasteiger partial charge in [0.1, 0.15) is 17.6 Å². The van der Waals surface area contributed by atoms with E-state index in [0.29, 0.717) is 37.6 Å². The van der Waals surface area contributed by atoms with Gasteiger partial charge in [-0.3, -0.25) is 9.36 Å². The van der Waals surface area contributed by atoms with E-state index in [0.717, 1.165) is 28.4 Å². The number of anilines is 1.